The van der Waals surface area contributed by atoms with Gasteiger partial charge < -0.3 is 10.0 Å². The van der Waals surface area contributed by atoms with Crippen molar-refractivity contribution < 1.29 is 5.11 Å². The molecule has 0 radical (unpaired) electrons. The fraction of sp³-hybridized carbons (Fsp3) is 0.538. The van der Waals surface area contributed by atoms with E-state index in [-0.39, 0.29) is 6.61 Å². The number of halogens is 1. The highest BCUT2D eigenvalue weighted by Crippen LogP contribution is 2.35. The van der Waals surface area contributed by atoms with Crippen LogP contribution in [0.2, 0.25) is 5.02 Å². The molecule has 1 aromatic carbocycles. The van der Waals surface area contributed by atoms with Crippen LogP contribution in [0.15, 0.2) is 18.2 Å². The summed E-state index contributed by atoms with van der Waals surface area (Å²) in [5.41, 5.74) is 2.84. The SMILES string of the molecule is CN(CCO)C[C@H]1CCc2ccc(Cl)cc21. The van der Waals surface area contributed by atoms with E-state index in [2.05, 4.69) is 24.1 Å². The first-order chi connectivity index (χ1) is 7.70. The van der Waals surface area contributed by atoms with Gasteiger partial charge in [0.15, 0.2) is 0 Å². The zero-order valence-electron chi connectivity index (χ0n) is 9.62. The van der Waals surface area contributed by atoms with E-state index in [9.17, 15) is 0 Å². The predicted octanol–water partition coefficient (Wildman–Crippen LogP) is 2.29. The predicted molar refractivity (Wildman–Crippen MR) is 67.1 cm³/mol. The number of benzene rings is 1. The zero-order chi connectivity index (χ0) is 11.5. The van der Waals surface area contributed by atoms with Crippen LogP contribution in [-0.2, 0) is 6.42 Å². The summed E-state index contributed by atoms with van der Waals surface area (Å²) >= 11 is 6.03. The van der Waals surface area contributed by atoms with Crippen molar-refractivity contribution in [3.8, 4) is 0 Å². The number of aliphatic hydroxyl groups excluding tert-OH is 1. The first kappa shape index (κ1) is 11.9. The summed E-state index contributed by atoms with van der Waals surface area (Å²) in [4.78, 5) is 2.18. The van der Waals surface area contributed by atoms with Gasteiger partial charge in [0.2, 0.25) is 0 Å². The first-order valence-electron chi connectivity index (χ1n) is 5.78. The van der Waals surface area contributed by atoms with Gasteiger partial charge in [-0.15, -0.1) is 0 Å². The summed E-state index contributed by atoms with van der Waals surface area (Å²) in [6.45, 7) is 1.98. The van der Waals surface area contributed by atoms with Crippen LogP contribution in [-0.4, -0.2) is 36.8 Å². The molecule has 0 fully saturated rings. The lowest BCUT2D eigenvalue weighted by Gasteiger charge is -2.20. The number of aryl methyl sites for hydroxylation is 1. The van der Waals surface area contributed by atoms with Gasteiger partial charge in [0, 0.05) is 18.1 Å². The molecule has 0 heterocycles. The van der Waals surface area contributed by atoms with Crippen LogP contribution >= 0.6 is 11.6 Å². The van der Waals surface area contributed by atoms with Gasteiger partial charge >= 0.3 is 0 Å². The maximum absolute atomic E-state index is 8.89. The van der Waals surface area contributed by atoms with Gasteiger partial charge in [-0.3, -0.25) is 0 Å². The van der Waals surface area contributed by atoms with E-state index in [1.165, 1.54) is 17.5 Å². The molecular formula is C13H18ClNO. The van der Waals surface area contributed by atoms with Crippen molar-refractivity contribution in [2.24, 2.45) is 0 Å². The third kappa shape index (κ3) is 2.57. The van der Waals surface area contributed by atoms with Gasteiger partial charge in [-0.05, 0) is 49.1 Å². The third-order valence-electron chi connectivity index (χ3n) is 3.32. The van der Waals surface area contributed by atoms with E-state index in [4.69, 9.17) is 16.7 Å². The smallest absolute Gasteiger partial charge is 0.0558 e. The Kier molecular flexibility index (Phi) is 3.85. The molecule has 88 valence electrons. The second-order valence-corrected chi connectivity index (χ2v) is 5.00. The Hall–Kier alpha value is -0.570. The van der Waals surface area contributed by atoms with E-state index in [1.54, 1.807) is 0 Å². The molecule has 0 unspecified atom stereocenters. The largest absolute Gasteiger partial charge is 0.395 e. The monoisotopic (exact) mass is 239 g/mol. The van der Waals surface area contributed by atoms with E-state index < -0.39 is 0 Å². The molecule has 0 saturated heterocycles. The minimum absolute atomic E-state index is 0.228. The Bertz CT molecular complexity index is 367. The Labute approximate surface area is 102 Å². The van der Waals surface area contributed by atoms with Crippen molar-refractivity contribution in [3.63, 3.8) is 0 Å². The van der Waals surface area contributed by atoms with Gasteiger partial charge in [-0.2, -0.15) is 0 Å². The molecule has 1 atom stereocenters. The highest BCUT2D eigenvalue weighted by atomic mass is 35.5. The topological polar surface area (TPSA) is 23.5 Å². The van der Waals surface area contributed by atoms with Crippen LogP contribution in [0.3, 0.4) is 0 Å². The van der Waals surface area contributed by atoms with Crippen LogP contribution in [0.1, 0.15) is 23.5 Å². The number of likely N-dealkylation sites (N-methyl/N-ethyl adjacent to an activating group) is 1. The van der Waals surface area contributed by atoms with Crippen LogP contribution in [0.5, 0.6) is 0 Å². The van der Waals surface area contributed by atoms with Crippen molar-refractivity contribution in [2.75, 3.05) is 26.7 Å². The number of aliphatic hydroxyl groups is 1. The summed E-state index contributed by atoms with van der Waals surface area (Å²) in [5, 5.41) is 9.72. The molecule has 3 heteroatoms. The summed E-state index contributed by atoms with van der Waals surface area (Å²) in [6, 6.07) is 6.21. The molecule has 2 rings (SSSR count). The molecular weight excluding hydrogens is 222 g/mol. The molecule has 1 aromatic rings. The van der Waals surface area contributed by atoms with Crippen LogP contribution in [0.4, 0.5) is 0 Å². The summed E-state index contributed by atoms with van der Waals surface area (Å²) in [7, 11) is 2.05. The normalized spacial score (nSPS) is 19.1. The zero-order valence-corrected chi connectivity index (χ0v) is 10.4. The lowest BCUT2D eigenvalue weighted by molar-refractivity contribution is 0.214. The van der Waals surface area contributed by atoms with Crippen molar-refractivity contribution in [2.45, 2.75) is 18.8 Å². The second-order valence-electron chi connectivity index (χ2n) is 4.56. The molecule has 0 saturated carbocycles. The maximum atomic E-state index is 8.89. The van der Waals surface area contributed by atoms with Crippen LogP contribution < -0.4 is 0 Å². The molecule has 0 aromatic heterocycles. The number of hydrogen-bond donors (Lipinski definition) is 1. The van der Waals surface area contributed by atoms with Crippen molar-refractivity contribution in [3.05, 3.63) is 34.3 Å². The number of hydrogen-bond acceptors (Lipinski definition) is 2. The third-order valence-corrected chi connectivity index (χ3v) is 3.56. The van der Waals surface area contributed by atoms with Crippen molar-refractivity contribution >= 4 is 11.6 Å². The van der Waals surface area contributed by atoms with E-state index in [1.807, 2.05) is 6.07 Å². The fourth-order valence-corrected chi connectivity index (χ4v) is 2.67. The van der Waals surface area contributed by atoms with Gasteiger partial charge in [0.05, 0.1) is 6.61 Å². The minimum Gasteiger partial charge on any atom is -0.395 e. The lowest BCUT2D eigenvalue weighted by Crippen LogP contribution is -2.26. The molecule has 1 N–H and O–H groups in total. The van der Waals surface area contributed by atoms with Gasteiger partial charge in [0.25, 0.3) is 0 Å². The lowest BCUT2D eigenvalue weighted by atomic mass is 10.0. The number of nitrogens with zero attached hydrogens (tertiary/aromatic N) is 1. The molecule has 0 aliphatic heterocycles. The Balaban J connectivity index is 2.08. The van der Waals surface area contributed by atoms with Gasteiger partial charge in [-0.25, -0.2) is 0 Å². The summed E-state index contributed by atoms with van der Waals surface area (Å²) < 4.78 is 0. The maximum Gasteiger partial charge on any atom is 0.0558 e. The Morgan fingerprint density at radius 2 is 2.31 bits per heavy atom. The van der Waals surface area contributed by atoms with Crippen LogP contribution in [0, 0.1) is 0 Å². The highest BCUT2D eigenvalue weighted by Gasteiger charge is 2.23. The number of rotatable bonds is 4. The van der Waals surface area contributed by atoms with Gasteiger partial charge in [-0.1, -0.05) is 17.7 Å². The second kappa shape index (κ2) is 5.17. The Morgan fingerprint density at radius 3 is 3.06 bits per heavy atom. The summed E-state index contributed by atoms with van der Waals surface area (Å²) in [5.74, 6) is 0.574. The van der Waals surface area contributed by atoms with Crippen molar-refractivity contribution in [1.82, 2.24) is 4.90 Å². The van der Waals surface area contributed by atoms with E-state index in [0.29, 0.717) is 5.92 Å². The van der Waals surface area contributed by atoms with E-state index in [0.717, 1.165) is 24.5 Å². The first-order valence-corrected chi connectivity index (χ1v) is 6.16. The van der Waals surface area contributed by atoms with Crippen molar-refractivity contribution in [1.29, 1.82) is 0 Å². The average Bonchev–Trinajstić information content (AvgIpc) is 2.61. The highest BCUT2D eigenvalue weighted by molar-refractivity contribution is 6.30. The molecule has 0 amide bonds. The molecule has 16 heavy (non-hydrogen) atoms. The summed E-state index contributed by atoms with van der Waals surface area (Å²) in [6.07, 6.45) is 2.36. The molecule has 0 bridgehead atoms. The quantitative estimate of drug-likeness (QED) is 0.872. The average molecular weight is 240 g/mol. The van der Waals surface area contributed by atoms with Gasteiger partial charge in [0.1, 0.15) is 0 Å². The standard InChI is InChI=1S/C13H18ClNO/c1-15(6-7-16)9-11-3-2-10-4-5-12(14)8-13(10)11/h4-5,8,11,16H,2-3,6-7,9H2,1H3/t11-/m1/s1. The molecule has 2 nitrogen and oxygen atoms in total. The van der Waals surface area contributed by atoms with E-state index >= 15 is 0 Å². The van der Waals surface area contributed by atoms with Crippen LogP contribution in [0.25, 0.3) is 0 Å². The molecule has 0 spiro atoms. The number of fused-ring (bicyclic) bond motifs is 1. The minimum atomic E-state index is 0.228. The molecule has 1 aliphatic carbocycles. The fourth-order valence-electron chi connectivity index (χ4n) is 2.49. The molecule has 1 aliphatic rings. The Morgan fingerprint density at radius 1 is 1.50 bits per heavy atom.